The van der Waals surface area contributed by atoms with Gasteiger partial charge in [-0.05, 0) is 0 Å². The van der Waals surface area contributed by atoms with Gasteiger partial charge < -0.3 is 55.1 Å². The Hall–Kier alpha value is -0.440. The van der Waals surface area contributed by atoms with Gasteiger partial charge in [0.15, 0.2) is 6.29 Å². The van der Waals surface area contributed by atoms with Gasteiger partial charge in [0.2, 0.25) is 5.79 Å². The van der Waals surface area contributed by atoms with Crippen molar-refractivity contribution in [2.75, 3.05) is 19.8 Å². The van der Waals surface area contributed by atoms with Crippen molar-refractivity contribution in [1.82, 2.24) is 0 Å². The van der Waals surface area contributed by atoms with E-state index in [1.807, 2.05) is 0 Å². The van der Waals surface area contributed by atoms with E-state index in [0.717, 1.165) is 0 Å². The van der Waals surface area contributed by atoms with Gasteiger partial charge in [-0.25, -0.2) is 0 Å². The summed E-state index contributed by atoms with van der Waals surface area (Å²) in [5.41, 5.74) is 0. The first-order chi connectivity index (χ1) is 10.7. The molecule has 0 spiro atoms. The van der Waals surface area contributed by atoms with Gasteiger partial charge in [0.25, 0.3) is 0 Å². The maximum absolute atomic E-state index is 10.1. The van der Waals surface area contributed by atoms with Gasteiger partial charge in [0.1, 0.15) is 42.7 Å². The highest BCUT2D eigenvalue weighted by molar-refractivity contribution is 4.95. The zero-order chi connectivity index (χ0) is 17.4. The molecule has 0 aromatic carbocycles. The van der Waals surface area contributed by atoms with Crippen LogP contribution in [0.1, 0.15) is 0 Å². The lowest BCUT2D eigenvalue weighted by Crippen LogP contribution is -2.67. The van der Waals surface area contributed by atoms with E-state index in [0.29, 0.717) is 0 Å². The van der Waals surface area contributed by atoms with Gasteiger partial charge in [0, 0.05) is 0 Å². The summed E-state index contributed by atoms with van der Waals surface area (Å²) in [5, 5.41) is 77.2. The number of rotatable bonds is 4. The van der Waals surface area contributed by atoms with E-state index in [9.17, 15) is 35.7 Å². The molecule has 23 heavy (non-hydrogen) atoms. The lowest BCUT2D eigenvalue weighted by Gasteiger charge is -2.47. The number of aliphatic hydroxyl groups is 8. The molecule has 2 aliphatic rings. The minimum atomic E-state index is -2.38. The van der Waals surface area contributed by atoms with Gasteiger partial charge in [0.05, 0.1) is 19.8 Å². The molecule has 0 amide bonds. The summed E-state index contributed by atoms with van der Waals surface area (Å²) in [4.78, 5) is 0. The zero-order valence-corrected chi connectivity index (χ0v) is 12.0. The van der Waals surface area contributed by atoms with Crippen LogP contribution in [-0.2, 0) is 14.2 Å². The van der Waals surface area contributed by atoms with E-state index >= 15 is 0 Å². The third kappa shape index (κ3) is 3.50. The molecule has 0 aromatic heterocycles. The minimum absolute atomic E-state index is 0.466. The molecule has 0 radical (unpaired) electrons. The average molecular weight is 342 g/mol. The van der Waals surface area contributed by atoms with Crippen molar-refractivity contribution >= 4 is 0 Å². The first kappa shape index (κ1) is 18.9. The second kappa shape index (κ2) is 7.21. The van der Waals surface area contributed by atoms with Crippen LogP contribution in [0.4, 0.5) is 0 Å². The Bertz CT molecular complexity index is 393. The monoisotopic (exact) mass is 342 g/mol. The van der Waals surface area contributed by atoms with Crippen LogP contribution < -0.4 is 0 Å². The highest BCUT2D eigenvalue weighted by Gasteiger charge is 2.53. The molecule has 9 atom stereocenters. The van der Waals surface area contributed by atoms with E-state index in [4.69, 9.17) is 19.3 Å². The second-order valence-corrected chi connectivity index (χ2v) is 5.63. The molecule has 0 aromatic rings. The Labute approximate surface area is 130 Å². The molecule has 136 valence electrons. The second-order valence-electron chi connectivity index (χ2n) is 5.63. The van der Waals surface area contributed by atoms with Gasteiger partial charge in [-0.15, -0.1) is 0 Å². The quantitative estimate of drug-likeness (QED) is 0.243. The summed E-state index contributed by atoms with van der Waals surface area (Å²) in [6.45, 7) is -2.15. The summed E-state index contributed by atoms with van der Waals surface area (Å²) in [7, 11) is 0. The number of hydrogen-bond donors (Lipinski definition) is 8. The summed E-state index contributed by atoms with van der Waals surface area (Å²) in [6.07, 6.45) is -12.9. The Morgan fingerprint density at radius 3 is 2.17 bits per heavy atom. The molecule has 2 heterocycles. The predicted molar refractivity (Wildman–Crippen MR) is 68.6 cm³/mol. The van der Waals surface area contributed by atoms with E-state index < -0.39 is 74.6 Å². The molecule has 2 saturated heterocycles. The first-order valence-corrected chi connectivity index (χ1v) is 7.04. The van der Waals surface area contributed by atoms with Crippen LogP contribution >= 0.6 is 0 Å². The van der Waals surface area contributed by atoms with Crippen LogP contribution in [-0.4, -0.2) is 115 Å². The van der Waals surface area contributed by atoms with Gasteiger partial charge >= 0.3 is 0 Å². The maximum Gasteiger partial charge on any atom is 0.219 e. The Balaban J connectivity index is 2.17. The van der Waals surface area contributed by atoms with Gasteiger partial charge in [-0.2, -0.15) is 0 Å². The SMILES string of the molecule is OCC1OC(OC2C(O)C(O)COC2(O)CO)C(O)[C@H](O)[C@@H]1O. The fourth-order valence-electron chi connectivity index (χ4n) is 2.53. The summed E-state index contributed by atoms with van der Waals surface area (Å²) in [6, 6.07) is 0. The highest BCUT2D eigenvalue weighted by Crippen LogP contribution is 2.30. The fraction of sp³-hybridized carbons (Fsp3) is 1.00. The van der Waals surface area contributed by atoms with E-state index in [2.05, 4.69) is 0 Å². The summed E-state index contributed by atoms with van der Waals surface area (Å²) >= 11 is 0. The highest BCUT2D eigenvalue weighted by atomic mass is 16.7. The Morgan fingerprint density at radius 1 is 0.957 bits per heavy atom. The molecule has 11 nitrogen and oxygen atoms in total. The van der Waals surface area contributed by atoms with Crippen LogP contribution in [0, 0.1) is 0 Å². The lowest BCUT2D eigenvalue weighted by molar-refractivity contribution is -0.387. The van der Waals surface area contributed by atoms with Crippen molar-refractivity contribution in [1.29, 1.82) is 0 Å². The summed E-state index contributed by atoms with van der Waals surface area (Å²) < 4.78 is 15.1. The molecule has 0 bridgehead atoms. The van der Waals surface area contributed by atoms with Crippen molar-refractivity contribution in [2.24, 2.45) is 0 Å². The van der Waals surface area contributed by atoms with Crippen molar-refractivity contribution < 1.29 is 55.1 Å². The Morgan fingerprint density at radius 2 is 1.61 bits per heavy atom. The predicted octanol–water partition coefficient (Wildman–Crippen LogP) is -5.40. The molecule has 0 saturated carbocycles. The van der Waals surface area contributed by atoms with Gasteiger partial charge in [-0.1, -0.05) is 0 Å². The van der Waals surface area contributed by atoms with Gasteiger partial charge in [-0.3, -0.25) is 0 Å². The molecule has 8 N–H and O–H groups in total. The maximum atomic E-state index is 10.1. The summed E-state index contributed by atoms with van der Waals surface area (Å²) in [5.74, 6) is -2.38. The topological polar surface area (TPSA) is 190 Å². The smallest absolute Gasteiger partial charge is 0.219 e. The molecule has 2 fully saturated rings. The molecule has 0 aliphatic carbocycles. The van der Waals surface area contributed by atoms with Crippen molar-refractivity contribution in [3.63, 3.8) is 0 Å². The van der Waals surface area contributed by atoms with Crippen LogP contribution in [0.5, 0.6) is 0 Å². The van der Waals surface area contributed by atoms with Crippen LogP contribution in [0.2, 0.25) is 0 Å². The van der Waals surface area contributed by atoms with E-state index in [1.165, 1.54) is 0 Å². The minimum Gasteiger partial charge on any atom is -0.394 e. The molecule has 11 heteroatoms. The number of hydrogen-bond acceptors (Lipinski definition) is 11. The van der Waals surface area contributed by atoms with Crippen LogP contribution in [0.3, 0.4) is 0 Å². The largest absolute Gasteiger partial charge is 0.394 e. The molecule has 2 rings (SSSR count). The molecule has 7 unspecified atom stereocenters. The lowest BCUT2D eigenvalue weighted by atomic mass is 9.96. The Kier molecular flexibility index (Phi) is 5.92. The fourth-order valence-corrected chi connectivity index (χ4v) is 2.53. The van der Waals surface area contributed by atoms with E-state index in [-0.39, 0.29) is 0 Å². The van der Waals surface area contributed by atoms with Crippen LogP contribution in [0.15, 0.2) is 0 Å². The van der Waals surface area contributed by atoms with E-state index in [1.54, 1.807) is 0 Å². The number of ether oxygens (including phenoxy) is 3. The third-order valence-electron chi connectivity index (χ3n) is 4.01. The molecule has 2 aliphatic heterocycles. The number of aliphatic hydroxyl groups excluding tert-OH is 7. The van der Waals surface area contributed by atoms with Crippen molar-refractivity contribution in [3.05, 3.63) is 0 Å². The van der Waals surface area contributed by atoms with Crippen LogP contribution in [0.25, 0.3) is 0 Å². The zero-order valence-electron chi connectivity index (χ0n) is 12.0. The first-order valence-electron chi connectivity index (χ1n) is 7.04. The molecular weight excluding hydrogens is 320 g/mol. The standard InChI is InChI=1S/C12H22O11/c13-1-5-7(17)8(18)9(19)11(22-5)23-10-6(16)4(15)2-21-12(10,20)3-14/h4-11,13-20H,1-3H2/t4?,5?,6?,7-,8-,9?,10?,11?,12?/m1/s1. The third-order valence-corrected chi connectivity index (χ3v) is 4.01. The van der Waals surface area contributed by atoms with Crippen molar-refractivity contribution in [2.45, 2.75) is 54.8 Å². The molecular formula is C12H22O11. The average Bonchev–Trinajstić information content (AvgIpc) is 2.55. The van der Waals surface area contributed by atoms with Crippen molar-refractivity contribution in [3.8, 4) is 0 Å². The normalized spacial score (nSPS) is 51.7.